The fraction of sp³-hybridized carbons (Fsp3) is 0.200. The second-order valence-electron chi connectivity index (χ2n) is 6.31. The number of tetrazole rings is 1. The van der Waals surface area contributed by atoms with E-state index in [0.717, 1.165) is 17.7 Å². The number of hydrogen-bond acceptors (Lipinski definition) is 6. The van der Waals surface area contributed by atoms with Gasteiger partial charge in [-0.25, -0.2) is 0 Å². The number of carbonyl (C=O) groups excluding carboxylic acids is 1. The summed E-state index contributed by atoms with van der Waals surface area (Å²) < 4.78 is 12.4. The molecule has 3 aromatic rings. The first-order valence-electron chi connectivity index (χ1n) is 8.82. The van der Waals surface area contributed by atoms with Crippen LogP contribution in [0.5, 0.6) is 11.5 Å². The Bertz CT molecular complexity index is 1060. The number of hydrogen-bond donors (Lipinski definition) is 1. The Morgan fingerprint density at radius 1 is 1.29 bits per heavy atom. The lowest BCUT2D eigenvalue weighted by Gasteiger charge is -2.11. The van der Waals surface area contributed by atoms with Crippen LogP contribution >= 0.6 is 0 Å². The van der Waals surface area contributed by atoms with Crippen LogP contribution in [-0.4, -0.2) is 39.8 Å². The van der Waals surface area contributed by atoms with Gasteiger partial charge in [-0.15, -0.1) is 5.10 Å². The summed E-state index contributed by atoms with van der Waals surface area (Å²) in [7, 11) is 1.57. The normalized spacial score (nSPS) is 12.6. The number of anilines is 1. The number of benzene rings is 2. The van der Waals surface area contributed by atoms with Crippen molar-refractivity contribution in [3.05, 3.63) is 59.4 Å². The maximum Gasteiger partial charge on any atom is 0.248 e. The Morgan fingerprint density at radius 2 is 2.18 bits per heavy atom. The molecule has 8 nitrogen and oxygen atoms in total. The summed E-state index contributed by atoms with van der Waals surface area (Å²) in [6.45, 7) is 2.50. The first-order chi connectivity index (χ1) is 13.6. The van der Waals surface area contributed by atoms with Gasteiger partial charge in [0.25, 0.3) is 0 Å². The molecule has 1 amide bonds. The number of fused-ring (bicyclic) bond motifs is 1. The predicted molar refractivity (Wildman–Crippen MR) is 104 cm³/mol. The second-order valence-corrected chi connectivity index (χ2v) is 6.31. The first kappa shape index (κ1) is 17.7. The lowest BCUT2D eigenvalue weighted by atomic mass is 10.1. The fourth-order valence-electron chi connectivity index (χ4n) is 3.05. The van der Waals surface area contributed by atoms with Crippen molar-refractivity contribution >= 4 is 17.7 Å². The van der Waals surface area contributed by atoms with Crippen molar-refractivity contribution in [3.8, 4) is 17.2 Å². The van der Waals surface area contributed by atoms with Gasteiger partial charge in [-0.05, 0) is 64.9 Å². The highest BCUT2D eigenvalue weighted by Crippen LogP contribution is 2.27. The maximum absolute atomic E-state index is 12.3. The third-order valence-corrected chi connectivity index (χ3v) is 4.44. The van der Waals surface area contributed by atoms with Gasteiger partial charge >= 0.3 is 0 Å². The number of rotatable bonds is 5. The van der Waals surface area contributed by atoms with Gasteiger partial charge < -0.3 is 14.8 Å². The molecule has 8 heteroatoms. The van der Waals surface area contributed by atoms with Gasteiger partial charge in [0, 0.05) is 18.2 Å². The predicted octanol–water partition coefficient (Wildman–Crippen LogP) is 2.57. The number of nitrogens with zero attached hydrogens (tertiary/aromatic N) is 4. The molecule has 1 aliphatic rings. The average Bonchev–Trinajstić information content (AvgIpc) is 3.34. The van der Waals surface area contributed by atoms with Crippen molar-refractivity contribution in [1.82, 2.24) is 20.2 Å². The van der Waals surface area contributed by atoms with Crippen molar-refractivity contribution in [2.75, 3.05) is 19.0 Å². The number of aryl methyl sites for hydroxylation is 1. The van der Waals surface area contributed by atoms with E-state index < -0.39 is 0 Å². The quantitative estimate of drug-likeness (QED) is 0.687. The van der Waals surface area contributed by atoms with Crippen LogP contribution in [0.1, 0.15) is 17.0 Å². The monoisotopic (exact) mass is 377 g/mol. The zero-order chi connectivity index (χ0) is 19.5. The third-order valence-electron chi connectivity index (χ3n) is 4.44. The van der Waals surface area contributed by atoms with Crippen molar-refractivity contribution in [1.29, 1.82) is 0 Å². The molecule has 1 aliphatic heterocycles. The summed E-state index contributed by atoms with van der Waals surface area (Å²) in [4.78, 5) is 12.3. The first-order valence-corrected chi connectivity index (χ1v) is 8.82. The summed E-state index contributed by atoms with van der Waals surface area (Å²) in [5.41, 5.74) is 3.38. The molecular weight excluding hydrogens is 358 g/mol. The van der Waals surface area contributed by atoms with Crippen molar-refractivity contribution < 1.29 is 14.3 Å². The molecule has 0 saturated carbocycles. The smallest absolute Gasteiger partial charge is 0.248 e. The standard InChI is InChI=1S/C20H19N5O3/c1-13-22-23-24-25(13)17-12-16(5-7-19(17)27-2)21-20(26)8-4-14-3-6-18-15(11-14)9-10-28-18/h3-8,11-12H,9-10H2,1-2H3,(H,21,26)/b8-4+. The zero-order valence-electron chi connectivity index (χ0n) is 15.5. The molecule has 0 saturated heterocycles. The van der Waals surface area contributed by atoms with Crippen LogP contribution in [-0.2, 0) is 11.2 Å². The summed E-state index contributed by atoms with van der Waals surface area (Å²) in [6, 6.07) is 11.2. The molecule has 0 unspecified atom stereocenters. The molecular formula is C20H19N5O3. The minimum Gasteiger partial charge on any atom is -0.494 e. The van der Waals surface area contributed by atoms with E-state index in [1.165, 1.54) is 11.6 Å². The van der Waals surface area contributed by atoms with Gasteiger partial charge in [0.1, 0.15) is 17.2 Å². The van der Waals surface area contributed by atoms with Crippen molar-refractivity contribution in [2.45, 2.75) is 13.3 Å². The fourth-order valence-corrected chi connectivity index (χ4v) is 3.05. The van der Waals surface area contributed by atoms with Gasteiger partial charge in [0.15, 0.2) is 5.82 Å². The van der Waals surface area contributed by atoms with Gasteiger partial charge in [-0.3, -0.25) is 4.79 Å². The topological polar surface area (TPSA) is 91.2 Å². The van der Waals surface area contributed by atoms with Gasteiger partial charge in [-0.2, -0.15) is 4.68 Å². The van der Waals surface area contributed by atoms with Crippen LogP contribution in [0.2, 0.25) is 0 Å². The van der Waals surface area contributed by atoms with Crippen LogP contribution in [0.25, 0.3) is 11.8 Å². The Hall–Kier alpha value is -3.68. The van der Waals surface area contributed by atoms with Gasteiger partial charge in [-0.1, -0.05) is 6.07 Å². The molecule has 0 atom stereocenters. The Morgan fingerprint density at radius 3 is 2.96 bits per heavy atom. The summed E-state index contributed by atoms with van der Waals surface area (Å²) in [5, 5.41) is 14.3. The highest BCUT2D eigenvalue weighted by molar-refractivity contribution is 6.02. The highest BCUT2D eigenvalue weighted by atomic mass is 16.5. The Labute approximate surface area is 161 Å². The van der Waals surface area contributed by atoms with Crippen LogP contribution in [0.15, 0.2) is 42.5 Å². The molecule has 2 aromatic carbocycles. The van der Waals surface area contributed by atoms with E-state index in [4.69, 9.17) is 9.47 Å². The molecule has 2 heterocycles. The lowest BCUT2D eigenvalue weighted by molar-refractivity contribution is -0.111. The van der Waals surface area contributed by atoms with Crippen molar-refractivity contribution in [2.24, 2.45) is 0 Å². The number of amides is 1. The molecule has 4 rings (SSSR count). The summed E-state index contributed by atoms with van der Waals surface area (Å²) >= 11 is 0. The minimum atomic E-state index is -0.235. The molecule has 0 spiro atoms. The van der Waals surface area contributed by atoms with E-state index in [-0.39, 0.29) is 5.91 Å². The largest absolute Gasteiger partial charge is 0.494 e. The van der Waals surface area contributed by atoms with Gasteiger partial charge in [0.05, 0.1) is 13.7 Å². The van der Waals surface area contributed by atoms with E-state index in [2.05, 4.69) is 20.8 Å². The Kier molecular flexibility index (Phi) is 4.76. The number of aromatic nitrogens is 4. The van der Waals surface area contributed by atoms with Crippen LogP contribution in [0, 0.1) is 6.92 Å². The molecule has 0 aliphatic carbocycles. The van der Waals surface area contributed by atoms with E-state index in [9.17, 15) is 4.79 Å². The Balaban J connectivity index is 1.51. The van der Waals surface area contributed by atoms with Crippen LogP contribution in [0.4, 0.5) is 5.69 Å². The lowest BCUT2D eigenvalue weighted by Crippen LogP contribution is -2.09. The van der Waals surface area contributed by atoms with E-state index in [0.29, 0.717) is 29.6 Å². The third kappa shape index (κ3) is 3.57. The highest BCUT2D eigenvalue weighted by Gasteiger charge is 2.13. The number of methoxy groups -OCH3 is 1. The molecule has 0 fully saturated rings. The summed E-state index contributed by atoms with van der Waals surface area (Å²) in [5.74, 6) is 1.90. The molecule has 28 heavy (non-hydrogen) atoms. The maximum atomic E-state index is 12.3. The van der Waals surface area contributed by atoms with Crippen LogP contribution < -0.4 is 14.8 Å². The molecule has 1 N–H and O–H groups in total. The zero-order valence-corrected chi connectivity index (χ0v) is 15.5. The van der Waals surface area contributed by atoms with E-state index >= 15 is 0 Å². The van der Waals surface area contributed by atoms with E-state index in [1.54, 1.807) is 43.0 Å². The van der Waals surface area contributed by atoms with Crippen LogP contribution in [0.3, 0.4) is 0 Å². The number of carbonyl (C=O) groups is 1. The number of ether oxygens (including phenoxy) is 2. The molecule has 1 aromatic heterocycles. The summed E-state index contributed by atoms with van der Waals surface area (Å²) in [6.07, 6.45) is 4.18. The number of nitrogens with one attached hydrogen (secondary N) is 1. The molecule has 142 valence electrons. The average molecular weight is 377 g/mol. The second kappa shape index (κ2) is 7.51. The minimum absolute atomic E-state index is 0.235. The molecule has 0 radical (unpaired) electrons. The van der Waals surface area contributed by atoms with E-state index in [1.807, 2.05) is 18.2 Å². The molecule has 0 bridgehead atoms. The SMILES string of the molecule is COc1ccc(NC(=O)/C=C/c2ccc3c(c2)CCO3)cc1-n1nnnc1C. The van der Waals surface area contributed by atoms with Crippen molar-refractivity contribution in [3.63, 3.8) is 0 Å². The van der Waals surface area contributed by atoms with Gasteiger partial charge in [0.2, 0.25) is 5.91 Å².